The highest BCUT2D eigenvalue weighted by molar-refractivity contribution is 5.80. The van der Waals surface area contributed by atoms with Gasteiger partial charge in [-0.05, 0) is 37.9 Å². The number of hydrogen-bond acceptors (Lipinski definition) is 5. The predicted molar refractivity (Wildman–Crippen MR) is 96.4 cm³/mol. The number of rotatable bonds is 5. The first-order valence-corrected chi connectivity index (χ1v) is 9.47. The molecule has 0 N–H and O–H groups in total. The predicted octanol–water partition coefficient (Wildman–Crippen LogP) is 1.20. The third kappa shape index (κ3) is 4.86. The standard InChI is InChI=1S/C19H29N3O4/c1-25-15-18(23)21-8-4-9-22(11-10-21)19(24)16-5-2-7-20(13-16)14-17-6-3-12-26-17/h3,6,12,16H,2,4-5,7-11,13-15H2,1H3/t16-/m1/s1. The average molecular weight is 363 g/mol. The molecule has 0 saturated carbocycles. The van der Waals surface area contributed by atoms with Crippen LogP contribution in [0.4, 0.5) is 0 Å². The molecule has 0 bridgehead atoms. The van der Waals surface area contributed by atoms with E-state index < -0.39 is 0 Å². The molecule has 3 rings (SSSR count). The Morgan fingerprint density at radius 3 is 2.73 bits per heavy atom. The minimum Gasteiger partial charge on any atom is -0.468 e. The van der Waals surface area contributed by atoms with Crippen molar-refractivity contribution in [3.8, 4) is 0 Å². The number of likely N-dealkylation sites (tertiary alicyclic amines) is 1. The molecule has 1 atom stereocenters. The second-order valence-electron chi connectivity index (χ2n) is 7.15. The maximum Gasteiger partial charge on any atom is 0.248 e. The van der Waals surface area contributed by atoms with Gasteiger partial charge in [0.05, 0.1) is 18.7 Å². The van der Waals surface area contributed by atoms with Crippen molar-refractivity contribution in [2.24, 2.45) is 5.92 Å². The molecule has 2 fully saturated rings. The van der Waals surface area contributed by atoms with Crippen LogP contribution in [0.2, 0.25) is 0 Å². The lowest BCUT2D eigenvalue weighted by molar-refractivity contribution is -0.138. The summed E-state index contributed by atoms with van der Waals surface area (Å²) in [6.45, 7) is 5.28. The van der Waals surface area contributed by atoms with E-state index in [1.54, 1.807) is 11.2 Å². The lowest BCUT2D eigenvalue weighted by Crippen LogP contribution is -2.46. The Labute approximate surface area is 154 Å². The van der Waals surface area contributed by atoms with Gasteiger partial charge in [-0.3, -0.25) is 14.5 Å². The molecule has 2 aliphatic rings. The first-order chi connectivity index (χ1) is 12.7. The van der Waals surface area contributed by atoms with Crippen molar-refractivity contribution in [2.45, 2.75) is 25.8 Å². The van der Waals surface area contributed by atoms with E-state index in [9.17, 15) is 9.59 Å². The van der Waals surface area contributed by atoms with Crippen molar-refractivity contribution in [3.05, 3.63) is 24.2 Å². The fourth-order valence-electron chi connectivity index (χ4n) is 3.88. The molecule has 0 aliphatic carbocycles. The number of nitrogens with zero attached hydrogens (tertiary/aromatic N) is 3. The Hall–Kier alpha value is -1.86. The molecule has 26 heavy (non-hydrogen) atoms. The van der Waals surface area contributed by atoms with E-state index in [1.165, 1.54) is 7.11 Å². The lowest BCUT2D eigenvalue weighted by atomic mass is 9.96. The summed E-state index contributed by atoms with van der Waals surface area (Å²) in [4.78, 5) is 31.1. The normalized spacial score (nSPS) is 22.3. The third-order valence-corrected chi connectivity index (χ3v) is 5.24. The van der Waals surface area contributed by atoms with E-state index in [-0.39, 0.29) is 24.3 Å². The van der Waals surface area contributed by atoms with Crippen LogP contribution in [0, 0.1) is 5.92 Å². The highest BCUT2D eigenvalue weighted by Gasteiger charge is 2.31. The largest absolute Gasteiger partial charge is 0.468 e. The summed E-state index contributed by atoms with van der Waals surface area (Å²) >= 11 is 0. The molecule has 1 aromatic heterocycles. The summed E-state index contributed by atoms with van der Waals surface area (Å²) in [6, 6.07) is 3.88. The van der Waals surface area contributed by atoms with Gasteiger partial charge in [-0.25, -0.2) is 0 Å². The summed E-state index contributed by atoms with van der Waals surface area (Å²) < 4.78 is 10.4. The van der Waals surface area contributed by atoms with Crippen molar-refractivity contribution >= 4 is 11.8 Å². The van der Waals surface area contributed by atoms with Crippen LogP contribution in [0.5, 0.6) is 0 Å². The van der Waals surface area contributed by atoms with Crippen LogP contribution in [-0.4, -0.2) is 79.5 Å². The smallest absolute Gasteiger partial charge is 0.248 e. The first-order valence-electron chi connectivity index (χ1n) is 9.47. The van der Waals surface area contributed by atoms with Crippen molar-refractivity contribution in [1.82, 2.24) is 14.7 Å². The molecule has 1 aromatic rings. The Morgan fingerprint density at radius 2 is 1.96 bits per heavy atom. The molecule has 0 radical (unpaired) electrons. The van der Waals surface area contributed by atoms with Crippen LogP contribution >= 0.6 is 0 Å². The summed E-state index contributed by atoms with van der Waals surface area (Å²) in [5.41, 5.74) is 0. The molecule has 7 heteroatoms. The highest BCUT2D eigenvalue weighted by Crippen LogP contribution is 2.21. The van der Waals surface area contributed by atoms with E-state index >= 15 is 0 Å². The second kappa shape index (κ2) is 9.19. The zero-order chi connectivity index (χ0) is 18.4. The highest BCUT2D eigenvalue weighted by atomic mass is 16.5. The monoisotopic (exact) mass is 363 g/mol. The fourth-order valence-corrected chi connectivity index (χ4v) is 3.88. The molecular formula is C19H29N3O4. The summed E-state index contributed by atoms with van der Waals surface area (Å²) in [7, 11) is 1.53. The van der Waals surface area contributed by atoms with Gasteiger partial charge in [0.15, 0.2) is 0 Å². The Kier molecular flexibility index (Phi) is 6.68. The number of furan rings is 1. The van der Waals surface area contributed by atoms with Gasteiger partial charge < -0.3 is 19.0 Å². The van der Waals surface area contributed by atoms with Gasteiger partial charge in [-0.1, -0.05) is 0 Å². The molecular weight excluding hydrogens is 334 g/mol. The minimum absolute atomic E-state index is 0.00379. The van der Waals surface area contributed by atoms with Gasteiger partial charge in [0.1, 0.15) is 12.4 Å². The van der Waals surface area contributed by atoms with E-state index in [0.717, 1.165) is 51.2 Å². The van der Waals surface area contributed by atoms with Crippen molar-refractivity contribution in [1.29, 1.82) is 0 Å². The second-order valence-corrected chi connectivity index (χ2v) is 7.15. The fraction of sp³-hybridized carbons (Fsp3) is 0.684. The number of amides is 2. The number of ether oxygens (including phenoxy) is 1. The zero-order valence-electron chi connectivity index (χ0n) is 15.6. The van der Waals surface area contributed by atoms with Crippen LogP contribution in [0.1, 0.15) is 25.0 Å². The molecule has 7 nitrogen and oxygen atoms in total. The molecule has 2 saturated heterocycles. The SMILES string of the molecule is COCC(=O)N1CCCN(C(=O)[C@@H]2CCCN(Cc3ccco3)C2)CC1. The maximum absolute atomic E-state index is 13.0. The first kappa shape index (κ1) is 18.9. The maximum atomic E-state index is 13.0. The zero-order valence-corrected chi connectivity index (χ0v) is 15.6. The Morgan fingerprint density at radius 1 is 1.15 bits per heavy atom. The van der Waals surface area contributed by atoms with Gasteiger partial charge in [0.2, 0.25) is 11.8 Å². The van der Waals surface area contributed by atoms with Gasteiger partial charge in [0.25, 0.3) is 0 Å². The minimum atomic E-state index is 0.00379. The van der Waals surface area contributed by atoms with Crippen molar-refractivity contribution in [3.63, 3.8) is 0 Å². The van der Waals surface area contributed by atoms with Crippen LogP contribution in [0.3, 0.4) is 0 Å². The topological polar surface area (TPSA) is 66.2 Å². The third-order valence-electron chi connectivity index (χ3n) is 5.24. The molecule has 2 amide bonds. The van der Waals surface area contributed by atoms with Gasteiger partial charge in [-0.15, -0.1) is 0 Å². The van der Waals surface area contributed by atoms with Crippen molar-refractivity contribution < 1.29 is 18.7 Å². The summed E-state index contributed by atoms with van der Waals surface area (Å²) in [5.74, 6) is 1.22. The van der Waals surface area contributed by atoms with E-state index in [2.05, 4.69) is 4.90 Å². The number of hydrogen-bond donors (Lipinski definition) is 0. The Balaban J connectivity index is 1.52. The summed E-state index contributed by atoms with van der Waals surface area (Å²) in [6.07, 6.45) is 4.49. The van der Waals surface area contributed by atoms with Gasteiger partial charge in [0, 0.05) is 39.8 Å². The van der Waals surface area contributed by atoms with Gasteiger partial charge >= 0.3 is 0 Å². The van der Waals surface area contributed by atoms with Crippen LogP contribution in [0.25, 0.3) is 0 Å². The quantitative estimate of drug-likeness (QED) is 0.786. The molecule has 0 unspecified atom stereocenters. The lowest BCUT2D eigenvalue weighted by Gasteiger charge is -2.34. The number of methoxy groups -OCH3 is 1. The summed E-state index contributed by atoms with van der Waals surface area (Å²) in [5, 5.41) is 0. The average Bonchev–Trinajstić information content (AvgIpc) is 3.03. The van der Waals surface area contributed by atoms with Crippen LogP contribution in [-0.2, 0) is 20.9 Å². The Bertz CT molecular complexity index is 590. The molecule has 2 aliphatic heterocycles. The van der Waals surface area contributed by atoms with Gasteiger partial charge in [-0.2, -0.15) is 0 Å². The molecule has 0 spiro atoms. The molecule has 144 valence electrons. The van der Waals surface area contributed by atoms with E-state index in [4.69, 9.17) is 9.15 Å². The molecule has 3 heterocycles. The van der Waals surface area contributed by atoms with Crippen LogP contribution in [0.15, 0.2) is 22.8 Å². The number of carbonyl (C=O) groups excluding carboxylic acids is 2. The number of piperidine rings is 1. The molecule has 0 aromatic carbocycles. The number of carbonyl (C=O) groups is 2. The van der Waals surface area contributed by atoms with E-state index in [1.807, 2.05) is 17.0 Å². The van der Waals surface area contributed by atoms with E-state index in [0.29, 0.717) is 19.6 Å². The van der Waals surface area contributed by atoms with Crippen molar-refractivity contribution in [2.75, 3.05) is 53.0 Å². The van der Waals surface area contributed by atoms with Crippen LogP contribution < -0.4 is 0 Å².